The van der Waals surface area contributed by atoms with E-state index in [9.17, 15) is 14.4 Å². The Balaban J connectivity index is 2.85. The molecule has 0 aromatic heterocycles. The maximum Gasteiger partial charge on any atom is 0.355 e. The molecule has 0 bridgehead atoms. The smallest absolute Gasteiger partial charge is 0.355 e. The van der Waals surface area contributed by atoms with Crippen LogP contribution in [0.2, 0.25) is 0 Å². The molecule has 0 saturated carbocycles. The molecule has 0 radical (unpaired) electrons. The third kappa shape index (κ3) is 4.09. The fourth-order valence-corrected chi connectivity index (χ4v) is 3.17. The summed E-state index contributed by atoms with van der Waals surface area (Å²) in [6.45, 7) is 0. The van der Waals surface area contributed by atoms with Crippen LogP contribution in [-0.2, 0) is 23.8 Å². The Labute approximate surface area is 170 Å². The van der Waals surface area contributed by atoms with Crippen molar-refractivity contribution >= 4 is 39.5 Å². The molecule has 0 saturated heterocycles. The number of anilines is 1. The van der Waals surface area contributed by atoms with E-state index < -0.39 is 17.9 Å². The number of esters is 3. The van der Waals surface area contributed by atoms with Crippen LogP contribution in [0, 0.1) is 0 Å². The summed E-state index contributed by atoms with van der Waals surface area (Å²) in [5.41, 5.74) is 0.188. The van der Waals surface area contributed by atoms with E-state index in [-0.39, 0.29) is 22.5 Å². The zero-order valence-corrected chi connectivity index (χ0v) is 17.2. The minimum atomic E-state index is -0.796. The largest absolute Gasteiger partial charge is 0.497 e. The van der Waals surface area contributed by atoms with Crippen LogP contribution >= 0.6 is 15.9 Å². The van der Waals surface area contributed by atoms with E-state index in [0.29, 0.717) is 10.2 Å². The molecule has 1 aliphatic heterocycles. The van der Waals surface area contributed by atoms with Gasteiger partial charge in [0.1, 0.15) is 11.4 Å². The van der Waals surface area contributed by atoms with E-state index in [1.165, 1.54) is 51.7 Å². The van der Waals surface area contributed by atoms with Crippen molar-refractivity contribution in [2.45, 2.75) is 0 Å². The number of carbonyl (C=O) groups is 3. The van der Waals surface area contributed by atoms with Crippen molar-refractivity contribution in [1.29, 1.82) is 0 Å². The van der Waals surface area contributed by atoms with E-state index in [0.717, 1.165) is 0 Å². The van der Waals surface area contributed by atoms with Gasteiger partial charge in [-0.3, -0.25) is 0 Å². The van der Waals surface area contributed by atoms with Gasteiger partial charge in [0.2, 0.25) is 0 Å². The molecule has 2 rings (SSSR count). The lowest BCUT2D eigenvalue weighted by atomic mass is 10.1. The second-order valence-corrected chi connectivity index (χ2v) is 6.17. The number of benzene rings is 1. The van der Waals surface area contributed by atoms with Gasteiger partial charge in [-0.1, -0.05) is 6.08 Å². The van der Waals surface area contributed by atoms with Crippen molar-refractivity contribution in [3.05, 3.63) is 57.9 Å². The lowest BCUT2D eigenvalue weighted by Gasteiger charge is -2.26. The van der Waals surface area contributed by atoms with E-state index >= 15 is 0 Å². The molecule has 148 valence electrons. The zero-order chi connectivity index (χ0) is 20.8. The number of nitrogens with zero attached hydrogens (tertiary/aromatic N) is 1. The normalized spacial score (nSPS) is 13.1. The summed E-state index contributed by atoms with van der Waals surface area (Å²) in [6.07, 6.45) is 6.09. The summed E-state index contributed by atoms with van der Waals surface area (Å²) in [5, 5.41) is 0. The molecular formula is C19H18BrNO7. The highest BCUT2D eigenvalue weighted by Gasteiger charge is 2.31. The first kappa shape index (κ1) is 21.2. The SMILES string of the molecule is COC(=O)C1=C(C(=O)OC)N(c2c(Br)cc(OC)cc2C(=O)OC)C=CC=C1. The molecule has 0 amide bonds. The van der Waals surface area contributed by atoms with Gasteiger partial charge >= 0.3 is 17.9 Å². The second kappa shape index (κ2) is 9.23. The van der Waals surface area contributed by atoms with Gasteiger partial charge in [-0.05, 0) is 40.2 Å². The fourth-order valence-electron chi connectivity index (χ4n) is 2.54. The van der Waals surface area contributed by atoms with Crippen LogP contribution in [0.4, 0.5) is 5.69 Å². The van der Waals surface area contributed by atoms with Gasteiger partial charge in [-0.15, -0.1) is 0 Å². The molecule has 1 aromatic carbocycles. The molecule has 9 heteroatoms. The van der Waals surface area contributed by atoms with Crippen molar-refractivity contribution in [2.75, 3.05) is 33.3 Å². The quantitative estimate of drug-likeness (QED) is 0.498. The lowest BCUT2D eigenvalue weighted by molar-refractivity contribution is -0.139. The number of ether oxygens (including phenoxy) is 4. The predicted molar refractivity (Wildman–Crippen MR) is 104 cm³/mol. The molecule has 1 aromatic rings. The predicted octanol–water partition coefficient (Wildman–Crippen LogP) is 2.73. The van der Waals surface area contributed by atoms with Crippen LogP contribution in [-0.4, -0.2) is 46.3 Å². The molecule has 0 unspecified atom stereocenters. The molecule has 28 heavy (non-hydrogen) atoms. The van der Waals surface area contributed by atoms with Gasteiger partial charge in [0.05, 0.1) is 45.3 Å². The third-order valence-electron chi connectivity index (χ3n) is 3.81. The number of methoxy groups -OCH3 is 4. The van der Waals surface area contributed by atoms with Gasteiger partial charge < -0.3 is 23.8 Å². The van der Waals surface area contributed by atoms with E-state index in [1.807, 2.05) is 0 Å². The Morgan fingerprint density at radius 1 is 0.893 bits per heavy atom. The van der Waals surface area contributed by atoms with Gasteiger partial charge in [0, 0.05) is 10.7 Å². The number of allylic oxidation sites excluding steroid dienone is 2. The van der Waals surface area contributed by atoms with E-state index in [2.05, 4.69) is 15.9 Å². The number of hydrogen-bond donors (Lipinski definition) is 0. The van der Waals surface area contributed by atoms with Crippen molar-refractivity contribution < 1.29 is 33.3 Å². The summed E-state index contributed by atoms with van der Waals surface area (Å²) >= 11 is 3.40. The highest BCUT2D eigenvalue weighted by Crippen LogP contribution is 2.38. The first-order valence-corrected chi connectivity index (χ1v) is 8.69. The van der Waals surface area contributed by atoms with Gasteiger partial charge in [-0.2, -0.15) is 0 Å². The van der Waals surface area contributed by atoms with Gasteiger partial charge in [0.15, 0.2) is 0 Å². The highest BCUT2D eigenvalue weighted by molar-refractivity contribution is 9.10. The van der Waals surface area contributed by atoms with Crippen LogP contribution < -0.4 is 9.64 Å². The monoisotopic (exact) mass is 451 g/mol. The Kier molecular flexibility index (Phi) is 7.00. The van der Waals surface area contributed by atoms with E-state index in [4.69, 9.17) is 18.9 Å². The molecule has 1 heterocycles. The van der Waals surface area contributed by atoms with Crippen molar-refractivity contribution in [2.24, 2.45) is 0 Å². The summed E-state index contributed by atoms with van der Waals surface area (Å²) in [5.74, 6) is -1.81. The average molecular weight is 452 g/mol. The fraction of sp³-hybridized carbons (Fsp3) is 0.211. The van der Waals surface area contributed by atoms with Crippen LogP contribution in [0.15, 0.2) is 52.3 Å². The number of carbonyl (C=O) groups excluding carboxylic acids is 3. The van der Waals surface area contributed by atoms with Crippen LogP contribution in [0.1, 0.15) is 10.4 Å². The van der Waals surface area contributed by atoms with Gasteiger partial charge in [-0.25, -0.2) is 14.4 Å². The molecule has 8 nitrogen and oxygen atoms in total. The first-order valence-electron chi connectivity index (χ1n) is 7.90. The zero-order valence-electron chi connectivity index (χ0n) is 15.6. The molecule has 0 aliphatic carbocycles. The standard InChI is InChI=1S/C19H18BrNO7/c1-25-11-9-13(18(23)27-3)15(14(20)10-11)21-8-6-5-7-12(17(22)26-2)16(21)19(24)28-4/h5-10H,1-4H3. The van der Waals surface area contributed by atoms with Crippen molar-refractivity contribution in [1.82, 2.24) is 0 Å². The Morgan fingerprint density at radius 2 is 1.54 bits per heavy atom. The topological polar surface area (TPSA) is 91.4 Å². The van der Waals surface area contributed by atoms with Crippen molar-refractivity contribution in [3.8, 4) is 5.75 Å². The average Bonchev–Trinajstić information content (AvgIpc) is 2.93. The Bertz CT molecular complexity index is 902. The minimum Gasteiger partial charge on any atom is -0.497 e. The van der Waals surface area contributed by atoms with Crippen LogP contribution in [0.3, 0.4) is 0 Å². The van der Waals surface area contributed by atoms with Gasteiger partial charge in [0.25, 0.3) is 0 Å². The first-order chi connectivity index (χ1) is 13.4. The highest BCUT2D eigenvalue weighted by atomic mass is 79.9. The van der Waals surface area contributed by atoms with E-state index in [1.54, 1.807) is 18.2 Å². The Morgan fingerprint density at radius 3 is 2.11 bits per heavy atom. The van der Waals surface area contributed by atoms with Crippen LogP contribution in [0.25, 0.3) is 0 Å². The summed E-state index contributed by atoms with van der Waals surface area (Å²) < 4.78 is 20.1. The molecule has 1 aliphatic rings. The summed E-state index contributed by atoms with van der Waals surface area (Å²) in [6, 6.07) is 3.07. The Hall–Kier alpha value is -3.07. The maximum atomic E-state index is 12.6. The third-order valence-corrected chi connectivity index (χ3v) is 4.41. The summed E-state index contributed by atoms with van der Waals surface area (Å²) in [4.78, 5) is 38.6. The van der Waals surface area contributed by atoms with Crippen molar-refractivity contribution in [3.63, 3.8) is 0 Å². The number of halogens is 1. The maximum absolute atomic E-state index is 12.6. The number of hydrogen-bond acceptors (Lipinski definition) is 8. The summed E-state index contributed by atoms with van der Waals surface area (Å²) in [7, 11) is 5.07. The second-order valence-electron chi connectivity index (χ2n) is 5.31. The molecule has 0 atom stereocenters. The lowest BCUT2D eigenvalue weighted by Crippen LogP contribution is -2.28. The molecule has 0 fully saturated rings. The molecule has 0 spiro atoms. The molecule has 0 N–H and O–H groups in total. The molecular weight excluding hydrogens is 434 g/mol. The minimum absolute atomic E-state index is 0.0436. The van der Waals surface area contributed by atoms with Crippen LogP contribution in [0.5, 0.6) is 5.75 Å². The number of rotatable bonds is 5.